The number of likely N-dealkylation sites (tertiary alicyclic amines) is 1. The molecule has 29 heavy (non-hydrogen) atoms. The minimum Gasteiger partial charge on any atom is -0.465 e. The van der Waals surface area contributed by atoms with E-state index in [4.69, 9.17) is 30.5 Å². The van der Waals surface area contributed by atoms with Crippen molar-refractivity contribution in [2.75, 3.05) is 33.4 Å². The van der Waals surface area contributed by atoms with E-state index in [1.54, 1.807) is 12.1 Å². The fourth-order valence-electron chi connectivity index (χ4n) is 4.92. The average Bonchev–Trinajstić information content (AvgIpc) is 3.19. The summed E-state index contributed by atoms with van der Waals surface area (Å²) in [5.41, 5.74) is 1.10. The molecule has 3 heterocycles. The van der Waals surface area contributed by atoms with Crippen LogP contribution in [-0.4, -0.2) is 56.1 Å². The number of carbonyl (C=O) groups is 1. The maximum atomic E-state index is 12.2. The molecule has 2 saturated heterocycles. The molecule has 0 saturated carbocycles. The second kappa shape index (κ2) is 8.42. The number of methoxy groups -OCH3 is 1. The number of hydrogen-bond donors (Lipinski definition) is 0. The number of fused-ring (bicyclic) bond motifs is 1. The average molecular weight is 424 g/mol. The van der Waals surface area contributed by atoms with E-state index in [1.165, 1.54) is 20.0 Å². The zero-order valence-electron chi connectivity index (χ0n) is 17.4. The molecule has 3 unspecified atom stereocenters. The first-order valence-corrected chi connectivity index (χ1v) is 10.9. The maximum absolute atomic E-state index is 12.2. The summed E-state index contributed by atoms with van der Waals surface area (Å²) in [5.74, 6) is -0.311. The van der Waals surface area contributed by atoms with Crippen LogP contribution in [0.25, 0.3) is 0 Å². The SMILES string of the molecule is COC(=O)c1cc(Cl)cc2c1C(C)OC(C)(C1CCN(CC3CCCO3)CC1)O2. The molecule has 160 valence electrons. The Hall–Kier alpha value is -1.34. The van der Waals surface area contributed by atoms with Gasteiger partial charge in [0.25, 0.3) is 0 Å². The van der Waals surface area contributed by atoms with Gasteiger partial charge in [-0.25, -0.2) is 4.79 Å². The summed E-state index contributed by atoms with van der Waals surface area (Å²) in [7, 11) is 1.36. The van der Waals surface area contributed by atoms with Gasteiger partial charge < -0.3 is 23.8 Å². The normalized spacial score (nSPS) is 30.6. The lowest BCUT2D eigenvalue weighted by molar-refractivity contribution is -0.250. The minimum absolute atomic E-state index is 0.263. The van der Waals surface area contributed by atoms with Crippen LogP contribution in [0, 0.1) is 5.92 Å². The van der Waals surface area contributed by atoms with Gasteiger partial charge in [0.15, 0.2) is 0 Å². The number of hydrogen-bond acceptors (Lipinski definition) is 6. The van der Waals surface area contributed by atoms with Gasteiger partial charge in [0.1, 0.15) is 5.75 Å². The molecule has 7 heteroatoms. The third-order valence-electron chi connectivity index (χ3n) is 6.46. The fourth-order valence-corrected chi connectivity index (χ4v) is 5.13. The summed E-state index contributed by atoms with van der Waals surface area (Å²) < 4.78 is 23.4. The van der Waals surface area contributed by atoms with Crippen molar-refractivity contribution in [2.45, 2.75) is 57.5 Å². The standard InChI is InChI=1S/C22H30ClNO5/c1-14-20-18(21(25)26-3)11-16(23)12-19(20)29-22(2,28-14)15-6-8-24(9-7-15)13-17-5-4-10-27-17/h11-12,14-15,17H,4-10,13H2,1-3H3. The molecule has 0 N–H and O–H groups in total. The number of halogens is 1. The van der Waals surface area contributed by atoms with Crippen LogP contribution in [0.5, 0.6) is 5.75 Å². The summed E-state index contributed by atoms with van der Waals surface area (Å²) in [6.07, 6.45) is 4.43. The molecule has 0 aliphatic carbocycles. The van der Waals surface area contributed by atoms with Gasteiger partial charge in [0.2, 0.25) is 5.79 Å². The highest BCUT2D eigenvalue weighted by atomic mass is 35.5. The first-order chi connectivity index (χ1) is 13.9. The van der Waals surface area contributed by atoms with Gasteiger partial charge in [-0.05, 0) is 57.8 Å². The van der Waals surface area contributed by atoms with E-state index in [1.807, 2.05) is 13.8 Å². The Kier molecular flexibility index (Phi) is 6.07. The Morgan fingerprint density at radius 1 is 1.31 bits per heavy atom. The lowest BCUT2D eigenvalue weighted by Crippen LogP contribution is -2.51. The molecule has 6 nitrogen and oxygen atoms in total. The van der Waals surface area contributed by atoms with E-state index < -0.39 is 11.8 Å². The van der Waals surface area contributed by atoms with Crippen molar-refractivity contribution in [1.29, 1.82) is 0 Å². The highest BCUT2D eigenvalue weighted by Gasteiger charge is 2.45. The molecular weight excluding hydrogens is 394 g/mol. The van der Waals surface area contributed by atoms with E-state index in [0.29, 0.717) is 28.0 Å². The number of esters is 1. The Balaban J connectivity index is 1.48. The fraction of sp³-hybridized carbons (Fsp3) is 0.682. The molecular formula is C22H30ClNO5. The van der Waals surface area contributed by atoms with E-state index in [9.17, 15) is 4.79 Å². The molecule has 3 aliphatic heterocycles. The highest BCUT2D eigenvalue weighted by Crippen LogP contribution is 2.46. The molecule has 1 aromatic rings. The first-order valence-electron chi connectivity index (χ1n) is 10.5. The van der Waals surface area contributed by atoms with Crippen LogP contribution in [0.1, 0.15) is 61.6 Å². The van der Waals surface area contributed by atoms with Crippen molar-refractivity contribution in [1.82, 2.24) is 4.90 Å². The van der Waals surface area contributed by atoms with E-state index in [2.05, 4.69) is 4.90 Å². The molecule has 2 fully saturated rings. The molecule has 0 bridgehead atoms. The molecule has 1 aromatic carbocycles. The summed E-state index contributed by atoms with van der Waals surface area (Å²) in [5, 5.41) is 0.451. The number of rotatable bonds is 4. The van der Waals surface area contributed by atoms with Gasteiger partial charge in [-0.2, -0.15) is 0 Å². The van der Waals surface area contributed by atoms with Crippen LogP contribution in [0.4, 0.5) is 0 Å². The summed E-state index contributed by atoms with van der Waals surface area (Å²) in [4.78, 5) is 14.7. The van der Waals surface area contributed by atoms with Crippen molar-refractivity contribution in [3.8, 4) is 5.75 Å². The largest absolute Gasteiger partial charge is 0.465 e. The second-order valence-corrected chi connectivity index (χ2v) is 8.88. The zero-order valence-corrected chi connectivity index (χ0v) is 18.2. The van der Waals surface area contributed by atoms with Gasteiger partial charge in [-0.1, -0.05) is 11.6 Å². The van der Waals surface area contributed by atoms with Gasteiger partial charge in [-0.15, -0.1) is 0 Å². The van der Waals surface area contributed by atoms with Crippen molar-refractivity contribution in [2.24, 2.45) is 5.92 Å². The van der Waals surface area contributed by atoms with Gasteiger partial charge in [0, 0.05) is 36.6 Å². The lowest BCUT2D eigenvalue weighted by Gasteiger charge is -2.46. The van der Waals surface area contributed by atoms with Crippen LogP contribution in [0.3, 0.4) is 0 Å². The molecule has 0 radical (unpaired) electrons. The molecule has 0 aromatic heterocycles. The van der Waals surface area contributed by atoms with Crippen LogP contribution >= 0.6 is 11.6 Å². The van der Waals surface area contributed by atoms with Gasteiger partial charge in [-0.3, -0.25) is 0 Å². The predicted molar refractivity (Wildman–Crippen MR) is 109 cm³/mol. The maximum Gasteiger partial charge on any atom is 0.338 e. The first kappa shape index (κ1) is 20.9. The third-order valence-corrected chi connectivity index (χ3v) is 6.68. The molecule has 3 atom stereocenters. The van der Waals surface area contributed by atoms with Gasteiger partial charge >= 0.3 is 5.97 Å². The number of piperidine rings is 1. The molecule has 3 aliphatic rings. The number of carbonyl (C=O) groups excluding carboxylic acids is 1. The summed E-state index contributed by atoms with van der Waals surface area (Å²) in [6.45, 7) is 7.89. The van der Waals surface area contributed by atoms with Crippen molar-refractivity contribution < 1.29 is 23.7 Å². The highest BCUT2D eigenvalue weighted by molar-refractivity contribution is 6.31. The molecule has 4 rings (SSSR count). The monoisotopic (exact) mass is 423 g/mol. The molecule has 0 amide bonds. The van der Waals surface area contributed by atoms with Crippen LogP contribution in [0.2, 0.25) is 5.02 Å². The Bertz CT molecular complexity index is 758. The summed E-state index contributed by atoms with van der Waals surface area (Å²) >= 11 is 6.26. The van der Waals surface area contributed by atoms with Crippen molar-refractivity contribution in [3.63, 3.8) is 0 Å². The number of nitrogens with zero attached hydrogens (tertiary/aromatic N) is 1. The smallest absolute Gasteiger partial charge is 0.338 e. The zero-order chi connectivity index (χ0) is 20.6. The Morgan fingerprint density at radius 2 is 2.07 bits per heavy atom. The number of benzene rings is 1. The third kappa shape index (κ3) is 4.26. The van der Waals surface area contributed by atoms with E-state index >= 15 is 0 Å². The number of ether oxygens (including phenoxy) is 4. The van der Waals surface area contributed by atoms with Gasteiger partial charge in [0.05, 0.1) is 24.9 Å². The summed E-state index contributed by atoms with van der Waals surface area (Å²) in [6, 6.07) is 3.38. The Morgan fingerprint density at radius 3 is 2.72 bits per heavy atom. The topological polar surface area (TPSA) is 57.2 Å². The van der Waals surface area contributed by atoms with Crippen LogP contribution in [0.15, 0.2) is 12.1 Å². The second-order valence-electron chi connectivity index (χ2n) is 8.44. The van der Waals surface area contributed by atoms with Crippen molar-refractivity contribution in [3.05, 3.63) is 28.3 Å². The van der Waals surface area contributed by atoms with E-state index in [0.717, 1.165) is 39.1 Å². The quantitative estimate of drug-likeness (QED) is 0.676. The van der Waals surface area contributed by atoms with E-state index in [-0.39, 0.29) is 12.0 Å². The van der Waals surface area contributed by atoms with Crippen LogP contribution < -0.4 is 4.74 Å². The predicted octanol–water partition coefficient (Wildman–Crippen LogP) is 4.20. The minimum atomic E-state index is -0.750. The molecule has 0 spiro atoms. The van der Waals surface area contributed by atoms with Crippen LogP contribution in [-0.2, 0) is 14.2 Å². The van der Waals surface area contributed by atoms with Crippen molar-refractivity contribution >= 4 is 17.6 Å². The lowest BCUT2D eigenvalue weighted by atomic mass is 9.87. The Labute approximate surface area is 177 Å².